The Morgan fingerprint density at radius 3 is 2.10 bits per heavy atom. The van der Waals surface area contributed by atoms with Gasteiger partial charge in [0.25, 0.3) is 5.91 Å². The predicted octanol–water partition coefficient (Wildman–Crippen LogP) is -1.08. The standard InChI is InChI=1S/C4H9NO4S/c1-3(4(6)5-7)10(2,8)9/h3,7H,1-2H3,(H,5,6). The van der Waals surface area contributed by atoms with E-state index in [-0.39, 0.29) is 0 Å². The summed E-state index contributed by atoms with van der Waals surface area (Å²) in [6.07, 6.45) is 0.924. The summed E-state index contributed by atoms with van der Waals surface area (Å²) in [5.41, 5.74) is 1.25. The average molecular weight is 167 g/mol. The summed E-state index contributed by atoms with van der Waals surface area (Å²) >= 11 is 0. The van der Waals surface area contributed by atoms with Crippen LogP contribution < -0.4 is 5.48 Å². The van der Waals surface area contributed by atoms with Crippen molar-refractivity contribution >= 4 is 15.7 Å². The molecule has 0 fully saturated rings. The third kappa shape index (κ3) is 2.32. The minimum atomic E-state index is -3.39. The van der Waals surface area contributed by atoms with Crippen LogP contribution in [0.3, 0.4) is 0 Å². The lowest BCUT2D eigenvalue weighted by Gasteiger charge is -2.04. The van der Waals surface area contributed by atoms with Crippen LogP contribution in [0.15, 0.2) is 0 Å². The lowest BCUT2D eigenvalue weighted by atomic mass is 10.5. The van der Waals surface area contributed by atoms with Crippen LogP contribution in [0.1, 0.15) is 6.92 Å². The third-order valence-corrected chi connectivity index (χ3v) is 2.62. The summed E-state index contributed by atoms with van der Waals surface area (Å²) in [7, 11) is -3.39. The molecule has 0 rings (SSSR count). The van der Waals surface area contributed by atoms with Crippen LogP contribution >= 0.6 is 0 Å². The topological polar surface area (TPSA) is 83.5 Å². The van der Waals surface area contributed by atoms with Gasteiger partial charge in [-0.25, -0.2) is 13.9 Å². The Morgan fingerprint density at radius 2 is 2.00 bits per heavy atom. The summed E-state index contributed by atoms with van der Waals surface area (Å²) in [6.45, 7) is 1.20. The molecule has 0 aliphatic heterocycles. The van der Waals surface area contributed by atoms with Crippen molar-refractivity contribution in [3.63, 3.8) is 0 Å². The number of hydrogen-bond donors (Lipinski definition) is 2. The fourth-order valence-corrected chi connectivity index (χ4v) is 0.727. The molecule has 0 aliphatic carbocycles. The van der Waals surface area contributed by atoms with Crippen LogP contribution in [-0.2, 0) is 14.6 Å². The molecule has 0 saturated heterocycles. The molecule has 0 aromatic carbocycles. The first-order valence-electron chi connectivity index (χ1n) is 2.52. The van der Waals surface area contributed by atoms with Crippen LogP contribution in [0.2, 0.25) is 0 Å². The quantitative estimate of drug-likeness (QED) is 0.405. The highest BCUT2D eigenvalue weighted by atomic mass is 32.2. The van der Waals surface area contributed by atoms with Crippen molar-refractivity contribution in [3.8, 4) is 0 Å². The molecule has 0 spiro atoms. The largest absolute Gasteiger partial charge is 0.289 e. The van der Waals surface area contributed by atoms with E-state index < -0.39 is 21.0 Å². The molecule has 0 saturated carbocycles. The number of sulfone groups is 1. The molecular weight excluding hydrogens is 158 g/mol. The Morgan fingerprint density at radius 1 is 1.60 bits per heavy atom. The molecule has 0 aromatic rings. The van der Waals surface area contributed by atoms with Crippen LogP contribution in [0.4, 0.5) is 0 Å². The molecule has 1 amide bonds. The van der Waals surface area contributed by atoms with Crippen molar-refractivity contribution in [2.45, 2.75) is 12.2 Å². The highest BCUT2D eigenvalue weighted by Gasteiger charge is 2.22. The van der Waals surface area contributed by atoms with E-state index >= 15 is 0 Å². The zero-order valence-electron chi connectivity index (χ0n) is 5.66. The van der Waals surface area contributed by atoms with Gasteiger partial charge in [0.15, 0.2) is 9.84 Å². The zero-order valence-corrected chi connectivity index (χ0v) is 6.47. The van der Waals surface area contributed by atoms with Crippen LogP contribution in [0.5, 0.6) is 0 Å². The summed E-state index contributed by atoms with van der Waals surface area (Å²) in [4.78, 5) is 10.4. The second-order valence-electron chi connectivity index (χ2n) is 1.95. The predicted molar refractivity (Wildman–Crippen MR) is 34.2 cm³/mol. The smallest absolute Gasteiger partial charge is 0.261 e. The Hall–Kier alpha value is -0.620. The van der Waals surface area contributed by atoms with Gasteiger partial charge in [-0.05, 0) is 6.92 Å². The first-order valence-corrected chi connectivity index (χ1v) is 4.48. The van der Waals surface area contributed by atoms with Crippen molar-refractivity contribution in [2.24, 2.45) is 0 Å². The lowest BCUT2D eigenvalue weighted by molar-refractivity contribution is -0.128. The molecule has 0 aliphatic rings. The third-order valence-electron chi connectivity index (χ3n) is 1.12. The van der Waals surface area contributed by atoms with Crippen molar-refractivity contribution in [2.75, 3.05) is 6.26 Å². The number of rotatable bonds is 2. The number of nitrogens with one attached hydrogen (secondary N) is 1. The number of hydroxylamine groups is 1. The maximum atomic E-state index is 10.6. The molecular formula is C4H9NO4S. The molecule has 6 heteroatoms. The van der Waals surface area contributed by atoms with Gasteiger partial charge in [-0.2, -0.15) is 0 Å². The molecule has 0 radical (unpaired) electrons. The first-order chi connectivity index (χ1) is 4.39. The molecule has 0 aromatic heterocycles. The zero-order chi connectivity index (χ0) is 8.36. The highest BCUT2D eigenvalue weighted by molar-refractivity contribution is 7.92. The van der Waals surface area contributed by atoms with Crippen molar-refractivity contribution in [1.82, 2.24) is 5.48 Å². The molecule has 2 N–H and O–H groups in total. The molecule has 60 valence electrons. The summed E-state index contributed by atoms with van der Waals surface area (Å²) in [6, 6.07) is 0. The van der Waals surface area contributed by atoms with Gasteiger partial charge in [-0.3, -0.25) is 10.0 Å². The van der Waals surface area contributed by atoms with Crippen molar-refractivity contribution < 1.29 is 18.4 Å². The monoisotopic (exact) mass is 167 g/mol. The average Bonchev–Trinajstić information content (AvgIpc) is 1.83. The number of amides is 1. The number of carbonyl (C=O) groups excluding carboxylic acids is 1. The Balaban J connectivity index is 4.39. The van der Waals surface area contributed by atoms with E-state index in [0.717, 1.165) is 6.26 Å². The summed E-state index contributed by atoms with van der Waals surface area (Å²) in [5.74, 6) is -0.914. The van der Waals surface area contributed by atoms with Gasteiger partial charge in [-0.1, -0.05) is 0 Å². The van der Waals surface area contributed by atoms with Crippen molar-refractivity contribution in [3.05, 3.63) is 0 Å². The van der Waals surface area contributed by atoms with Gasteiger partial charge in [0.1, 0.15) is 5.25 Å². The van der Waals surface area contributed by atoms with E-state index in [0.29, 0.717) is 0 Å². The SMILES string of the molecule is CC(C(=O)NO)S(C)(=O)=O. The maximum Gasteiger partial charge on any atom is 0.261 e. The van der Waals surface area contributed by atoms with Crippen LogP contribution in [-0.4, -0.2) is 31.0 Å². The molecule has 1 atom stereocenters. The molecule has 10 heavy (non-hydrogen) atoms. The fraction of sp³-hybridized carbons (Fsp3) is 0.750. The number of hydrogen-bond acceptors (Lipinski definition) is 4. The van der Waals surface area contributed by atoms with E-state index in [2.05, 4.69) is 0 Å². The normalized spacial score (nSPS) is 14.3. The minimum Gasteiger partial charge on any atom is -0.289 e. The Labute approximate surface area is 58.9 Å². The number of carbonyl (C=O) groups is 1. The molecule has 1 unspecified atom stereocenters. The summed E-state index contributed by atoms with van der Waals surface area (Å²) in [5, 5.41) is 6.81. The van der Waals surface area contributed by atoms with Crippen molar-refractivity contribution in [1.29, 1.82) is 0 Å². The van der Waals surface area contributed by atoms with E-state index in [4.69, 9.17) is 5.21 Å². The molecule has 5 nitrogen and oxygen atoms in total. The lowest BCUT2D eigenvalue weighted by Crippen LogP contribution is -2.35. The fourth-order valence-electron chi connectivity index (χ4n) is 0.285. The van der Waals surface area contributed by atoms with E-state index in [9.17, 15) is 13.2 Å². The van der Waals surface area contributed by atoms with Gasteiger partial charge in [0, 0.05) is 6.26 Å². The van der Waals surface area contributed by atoms with Gasteiger partial charge >= 0.3 is 0 Å². The van der Waals surface area contributed by atoms with E-state index in [1.807, 2.05) is 0 Å². The Bertz CT molecular complexity index is 219. The minimum absolute atomic E-state index is 0.914. The maximum absolute atomic E-state index is 10.6. The molecule has 0 bridgehead atoms. The van der Waals surface area contributed by atoms with Crippen LogP contribution in [0, 0.1) is 0 Å². The van der Waals surface area contributed by atoms with E-state index in [1.54, 1.807) is 0 Å². The Kier molecular flexibility index (Phi) is 2.79. The van der Waals surface area contributed by atoms with Gasteiger partial charge in [0.2, 0.25) is 0 Å². The van der Waals surface area contributed by atoms with Crippen LogP contribution in [0.25, 0.3) is 0 Å². The van der Waals surface area contributed by atoms with Gasteiger partial charge < -0.3 is 0 Å². The molecule has 0 heterocycles. The second kappa shape index (κ2) is 2.98. The second-order valence-corrected chi connectivity index (χ2v) is 4.31. The summed E-state index contributed by atoms with van der Waals surface area (Å²) < 4.78 is 21.1. The van der Waals surface area contributed by atoms with Gasteiger partial charge in [-0.15, -0.1) is 0 Å². The van der Waals surface area contributed by atoms with E-state index in [1.165, 1.54) is 12.4 Å². The highest BCUT2D eigenvalue weighted by Crippen LogP contribution is 1.95. The first kappa shape index (κ1) is 9.38. The van der Waals surface area contributed by atoms with Gasteiger partial charge in [0.05, 0.1) is 0 Å².